The molecule has 28 heavy (non-hydrogen) atoms. The lowest BCUT2D eigenvalue weighted by Gasteiger charge is -2.40. The van der Waals surface area contributed by atoms with E-state index in [4.69, 9.17) is 4.74 Å². The summed E-state index contributed by atoms with van der Waals surface area (Å²) in [6.07, 6.45) is 11.8. The molecule has 1 unspecified atom stereocenters. The molecule has 6 nitrogen and oxygen atoms in total. The number of likely N-dealkylation sites (tertiary alicyclic amines) is 1. The summed E-state index contributed by atoms with van der Waals surface area (Å²) < 4.78 is 8.21. The van der Waals surface area contributed by atoms with Gasteiger partial charge in [-0.05, 0) is 51.1 Å². The van der Waals surface area contributed by atoms with Crippen molar-refractivity contribution in [2.24, 2.45) is 0 Å². The zero-order chi connectivity index (χ0) is 19.2. The highest BCUT2D eigenvalue weighted by Gasteiger charge is 2.48. The van der Waals surface area contributed by atoms with Crippen molar-refractivity contribution in [3.8, 4) is 5.75 Å². The molecular formula is C22H30N4O2. The van der Waals surface area contributed by atoms with Crippen molar-refractivity contribution in [1.82, 2.24) is 19.8 Å². The van der Waals surface area contributed by atoms with Gasteiger partial charge in [-0.3, -0.25) is 9.69 Å². The second-order valence-corrected chi connectivity index (χ2v) is 7.88. The summed E-state index contributed by atoms with van der Waals surface area (Å²) in [5, 5.41) is 3.09. The van der Waals surface area contributed by atoms with Crippen LogP contribution in [0.25, 0.3) is 0 Å². The molecule has 1 aromatic heterocycles. The van der Waals surface area contributed by atoms with Crippen LogP contribution in [-0.2, 0) is 17.9 Å². The highest BCUT2D eigenvalue weighted by molar-refractivity contribution is 5.87. The fourth-order valence-electron chi connectivity index (χ4n) is 4.54. The van der Waals surface area contributed by atoms with Crippen LogP contribution in [0.3, 0.4) is 0 Å². The molecule has 2 saturated heterocycles. The largest absolute Gasteiger partial charge is 0.493 e. The standard InChI is InChI=1S/C22H30N4O2/c27-21-22(9-5-11-24-21)10-6-14-26(22)17-19-7-1-2-8-20(19)28-16-4-3-13-25-15-12-23-18-25/h1-2,7-8,12,15,18H,3-6,9-11,13-14,16-17H2,(H,24,27). The topological polar surface area (TPSA) is 59.4 Å². The van der Waals surface area contributed by atoms with E-state index in [0.29, 0.717) is 6.61 Å². The van der Waals surface area contributed by atoms with Crippen LogP contribution in [0.4, 0.5) is 0 Å². The van der Waals surface area contributed by atoms with Gasteiger partial charge >= 0.3 is 0 Å². The number of aryl methyl sites for hydroxylation is 1. The Hall–Kier alpha value is -2.34. The average molecular weight is 383 g/mol. The normalized spacial score (nSPS) is 22.5. The molecule has 2 aromatic rings. The molecular weight excluding hydrogens is 352 g/mol. The molecule has 1 aromatic carbocycles. The third-order valence-corrected chi connectivity index (χ3v) is 6.06. The Morgan fingerprint density at radius 2 is 2.07 bits per heavy atom. The van der Waals surface area contributed by atoms with E-state index in [0.717, 1.165) is 70.5 Å². The molecule has 6 heteroatoms. The van der Waals surface area contributed by atoms with Crippen LogP contribution < -0.4 is 10.1 Å². The third kappa shape index (κ3) is 4.07. The Morgan fingerprint density at radius 3 is 2.93 bits per heavy atom. The fraction of sp³-hybridized carbons (Fsp3) is 0.545. The predicted molar refractivity (Wildman–Crippen MR) is 108 cm³/mol. The van der Waals surface area contributed by atoms with Crippen molar-refractivity contribution in [1.29, 1.82) is 0 Å². The second kappa shape index (κ2) is 8.78. The number of carbonyl (C=O) groups excluding carboxylic acids is 1. The van der Waals surface area contributed by atoms with Gasteiger partial charge in [0, 0.05) is 37.6 Å². The lowest BCUT2D eigenvalue weighted by atomic mass is 9.86. The summed E-state index contributed by atoms with van der Waals surface area (Å²) in [6.45, 7) is 4.24. The van der Waals surface area contributed by atoms with E-state index in [-0.39, 0.29) is 11.4 Å². The number of ether oxygens (including phenoxy) is 1. The molecule has 3 heterocycles. The van der Waals surface area contributed by atoms with E-state index >= 15 is 0 Å². The monoisotopic (exact) mass is 382 g/mol. The van der Waals surface area contributed by atoms with Gasteiger partial charge in [-0.1, -0.05) is 18.2 Å². The molecule has 0 radical (unpaired) electrons. The number of nitrogens with zero attached hydrogens (tertiary/aromatic N) is 3. The van der Waals surface area contributed by atoms with Crippen molar-refractivity contribution >= 4 is 5.91 Å². The Kier molecular flexibility index (Phi) is 5.95. The van der Waals surface area contributed by atoms with Gasteiger partial charge in [0.15, 0.2) is 0 Å². The maximum Gasteiger partial charge on any atom is 0.240 e. The number of rotatable bonds is 8. The molecule has 2 fully saturated rings. The first-order valence-electron chi connectivity index (χ1n) is 10.5. The number of para-hydroxylation sites is 1. The Morgan fingerprint density at radius 1 is 1.18 bits per heavy atom. The first-order valence-corrected chi connectivity index (χ1v) is 10.5. The predicted octanol–water partition coefficient (Wildman–Crippen LogP) is 2.99. The molecule has 150 valence electrons. The first-order chi connectivity index (χ1) is 13.8. The number of benzene rings is 1. The van der Waals surface area contributed by atoms with Gasteiger partial charge in [0.1, 0.15) is 11.3 Å². The summed E-state index contributed by atoms with van der Waals surface area (Å²) in [7, 11) is 0. The summed E-state index contributed by atoms with van der Waals surface area (Å²) >= 11 is 0. The summed E-state index contributed by atoms with van der Waals surface area (Å²) in [6, 6.07) is 8.27. The van der Waals surface area contributed by atoms with Crippen molar-refractivity contribution in [2.45, 2.75) is 57.2 Å². The zero-order valence-corrected chi connectivity index (χ0v) is 16.5. The van der Waals surface area contributed by atoms with Crippen LogP contribution in [0, 0.1) is 0 Å². The number of nitrogens with one attached hydrogen (secondary N) is 1. The Labute approximate surface area is 166 Å². The van der Waals surface area contributed by atoms with Crippen molar-refractivity contribution < 1.29 is 9.53 Å². The number of amides is 1. The SMILES string of the molecule is O=C1NCCCC12CCCN2Cc1ccccc1OCCCCn1ccnc1. The van der Waals surface area contributed by atoms with E-state index in [1.165, 1.54) is 5.56 Å². The van der Waals surface area contributed by atoms with Crippen LogP contribution in [0.5, 0.6) is 5.75 Å². The number of carbonyl (C=O) groups is 1. The maximum atomic E-state index is 12.7. The van der Waals surface area contributed by atoms with Gasteiger partial charge in [-0.15, -0.1) is 0 Å². The van der Waals surface area contributed by atoms with Gasteiger partial charge < -0.3 is 14.6 Å². The van der Waals surface area contributed by atoms with Crippen LogP contribution in [-0.4, -0.2) is 45.6 Å². The average Bonchev–Trinajstić information content (AvgIpc) is 3.36. The molecule has 1 amide bonds. The van der Waals surface area contributed by atoms with E-state index in [1.807, 2.05) is 24.8 Å². The molecule has 1 spiro atoms. The van der Waals surface area contributed by atoms with E-state index in [9.17, 15) is 4.79 Å². The van der Waals surface area contributed by atoms with E-state index in [1.54, 1.807) is 0 Å². The lowest BCUT2D eigenvalue weighted by Crippen LogP contribution is -2.58. The van der Waals surface area contributed by atoms with E-state index < -0.39 is 0 Å². The molecule has 2 aliphatic heterocycles. The van der Waals surface area contributed by atoms with Gasteiger partial charge in [0.2, 0.25) is 5.91 Å². The number of hydrogen-bond donors (Lipinski definition) is 1. The maximum absolute atomic E-state index is 12.7. The minimum atomic E-state index is -0.309. The number of hydrogen-bond acceptors (Lipinski definition) is 4. The number of piperidine rings is 1. The number of unbranched alkanes of at least 4 members (excludes halogenated alkanes) is 1. The Bertz CT molecular complexity index is 777. The van der Waals surface area contributed by atoms with Crippen molar-refractivity contribution in [3.63, 3.8) is 0 Å². The van der Waals surface area contributed by atoms with E-state index in [2.05, 4.69) is 38.0 Å². The quantitative estimate of drug-likeness (QED) is 0.713. The summed E-state index contributed by atoms with van der Waals surface area (Å²) in [4.78, 5) is 19.1. The minimum absolute atomic E-state index is 0.217. The van der Waals surface area contributed by atoms with Crippen LogP contribution in [0.2, 0.25) is 0 Å². The molecule has 0 bridgehead atoms. The Balaban J connectivity index is 1.34. The van der Waals surface area contributed by atoms with Crippen LogP contribution >= 0.6 is 0 Å². The van der Waals surface area contributed by atoms with Gasteiger partial charge in [0.05, 0.1) is 12.9 Å². The molecule has 4 rings (SSSR count). The van der Waals surface area contributed by atoms with Crippen molar-refractivity contribution in [2.75, 3.05) is 19.7 Å². The molecule has 0 aliphatic carbocycles. The summed E-state index contributed by atoms with van der Waals surface area (Å²) in [5.41, 5.74) is 0.868. The zero-order valence-electron chi connectivity index (χ0n) is 16.5. The van der Waals surface area contributed by atoms with Crippen molar-refractivity contribution in [3.05, 3.63) is 48.5 Å². The summed E-state index contributed by atoms with van der Waals surface area (Å²) in [5.74, 6) is 1.16. The number of aromatic nitrogens is 2. The van der Waals surface area contributed by atoms with Crippen LogP contribution in [0.15, 0.2) is 43.0 Å². The molecule has 1 N–H and O–H groups in total. The van der Waals surface area contributed by atoms with Gasteiger partial charge in [-0.25, -0.2) is 4.98 Å². The minimum Gasteiger partial charge on any atom is -0.493 e. The molecule has 1 atom stereocenters. The smallest absolute Gasteiger partial charge is 0.240 e. The highest BCUT2D eigenvalue weighted by Crippen LogP contribution is 2.37. The number of imidazole rings is 1. The van der Waals surface area contributed by atoms with Gasteiger partial charge in [-0.2, -0.15) is 0 Å². The first kappa shape index (κ1) is 19.0. The molecule has 2 aliphatic rings. The lowest BCUT2D eigenvalue weighted by molar-refractivity contribution is -0.134. The van der Waals surface area contributed by atoms with Gasteiger partial charge in [0.25, 0.3) is 0 Å². The molecule has 0 saturated carbocycles. The second-order valence-electron chi connectivity index (χ2n) is 7.88. The van der Waals surface area contributed by atoms with Crippen LogP contribution in [0.1, 0.15) is 44.1 Å². The highest BCUT2D eigenvalue weighted by atomic mass is 16.5. The third-order valence-electron chi connectivity index (χ3n) is 6.06. The fourth-order valence-corrected chi connectivity index (χ4v) is 4.54.